The summed E-state index contributed by atoms with van der Waals surface area (Å²) in [4.78, 5) is 25.2. The monoisotopic (exact) mass is 421 g/mol. The molecule has 0 saturated carbocycles. The van der Waals surface area contributed by atoms with Crippen molar-refractivity contribution in [3.63, 3.8) is 0 Å². The first-order chi connectivity index (χ1) is 14.6. The molecule has 0 unspecified atom stereocenters. The Morgan fingerprint density at radius 2 is 1.90 bits per heavy atom. The lowest BCUT2D eigenvalue weighted by molar-refractivity contribution is -0.131. The van der Waals surface area contributed by atoms with Crippen LogP contribution in [0.5, 0.6) is 0 Å². The van der Waals surface area contributed by atoms with Gasteiger partial charge in [-0.05, 0) is 36.4 Å². The van der Waals surface area contributed by atoms with E-state index in [0.717, 1.165) is 11.4 Å². The van der Waals surface area contributed by atoms with Gasteiger partial charge in [0, 0.05) is 55.8 Å². The topological polar surface area (TPSA) is 86.3 Å². The number of aryl methyl sites for hydroxylation is 1. The average Bonchev–Trinajstić information content (AvgIpc) is 3.27. The summed E-state index contributed by atoms with van der Waals surface area (Å²) in [6, 6.07) is 12.9. The van der Waals surface area contributed by atoms with Crippen molar-refractivity contribution in [3.8, 4) is 17.4 Å². The molecule has 3 heterocycles. The Kier molecular flexibility index (Phi) is 5.96. The SMILES string of the molecule is N#Cc1ccnc(N2CCN(C(=O)CCc3ncc(-c4ccc(Cl)cc4)o3)CC2)c1. The summed E-state index contributed by atoms with van der Waals surface area (Å²) in [5, 5.41) is 9.70. The predicted octanol–water partition coefficient (Wildman–Crippen LogP) is 3.54. The minimum Gasteiger partial charge on any atom is -0.441 e. The second-order valence-corrected chi connectivity index (χ2v) is 7.44. The number of amides is 1. The third-order valence-electron chi connectivity index (χ3n) is 5.07. The maximum Gasteiger partial charge on any atom is 0.223 e. The minimum absolute atomic E-state index is 0.0830. The summed E-state index contributed by atoms with van der Waals surface area (Å²) in [6.07, 6.45) is 4.12. The van der Waals surface area contributed by atoms with E-state index in [9.17, 15) is 4.79 Å². The largest absolute Gasteiger partial charge is 0.441 e. The molecule has 1 amide bonds. The van der Waals surface area contributed by atoms with Crippen molar-refractivity contribution in [2.75, 3.05) is 31.1 Å². The van der Waals surface area contributed by atoms with Gasteiger partial charge in [0.1, 0.15) is 5.82 Å². The number of carbonyl (C=O) groups is 1. The summed E-state index contributed by atoms with van der Waals surface area (Å²) in [7, 11) is 0. The number of nitriles is 1. The number of hydrogen-bond acceptors (Lipinski definition) is 6. The zero-order valence-electron chi connectivity index (χ0n) is 16.3. The Labute approximate surface area is 179 Å². The van der Waals surface area contributed by atoms with Gasteiger partial charge in [-0.3, -0.25) is 4.79 Å². The number of benzene rings is 1. The number of hydrogen-bond donors (Lipinski definition) is 0. The Bertz CT molecular complexity index is 1070. The molecule has 3 aromatic rings. The predicted molar refractivity (Wildman–Crippen MR) is 113 cm³/mol. The van der Waals surface area contributed by atoms with Crippen LogP contribution in [-0.2, 0) is 11.2 Å². The van der Waals surface area contributed by atoms with Crippen LogP contribution >= 0.6 is 11.6 Å². The molecule has 0 spiro atoms. The number of oxazole rings is 1. The summed E-state index contributed by atoms with van der Waals surface area (Å²) in [5.74, 6) is 2.06. The first-order valence-corrected chi connectivity index (χ1v) is 10.1. The van der Waals surface area contributed by atoms with Gasteiger partial charge in [-0.25, -0.2) is 9.97 Å². The molecule has 152 valence electrons. The highest BCUT2D eigenvalue weighted by atomic mass is 35.5. The van der Waals surface area contributed by atoms with Crippen LogP contribution in [0, 0.1) is 11.3 Å². The smallest absolute Gasteiger partial charge is 0.223 e. The molecule has 8 heteroatoms. The Hall–Kier alpha value is -3.37. The maximum absolute atomic E-state index is 12.6. The Morgan fingerprint density at radius 3 is 2.63 bits per heavy atom. The zero-order chi connectivity index (χ0) is 20.9. The van der Waals surface area contributed by atoms with Crippen molar-refractivity contribution >= 4 is 23.3 Å². The fourth-order valence-corrected chi connectivity index (χ4v) is 3.52. The first kappa shape index (κ1) is 19.9. The summed E-state index contributed by atoms with van der Waals surface area (Å²) in [5.41, 5.74) is 1.48. The number of nitrogens with zero attached hydrogens (tertiary/aromatic N) is 5. The molecular weight excluding hydrogens is 402 g/mol. The van der Waals surface area contributed by atoms with E-state index >= 15 is 0 Å². The lowest BCUT2D eigenvalue weighted by atomic mass is 10.2. The van der Waals surface area contributed by atoms with Gasteiger partial charge in [0.25, 0.3) is 0 Å². The van der Waals surface area contributed by atoms with Crippen molar-refractivity contribution in [2.24, 2.45) is 0 Å². The van der Waals surface area contributed by atoms with Crippen LogP contribution in [0.15, 0.2) is 53.2 Å². The molecule has 1 aromatic carbocycles. The summed E-state index contributed by atoms with van der Waals surface area (Å²) < 4.78 is 5.78. The third-order valence-corrected chi connectivity index (χ3v) is 5.32. The van der Waals surface area contributed by atoms with Gasteiger partial charge < -0.3 is 14.2 Å². The fourth-order valence-electron chi connectivity index (χ4n) is 3.39. The molecule has 2 aromatic heterocycles. The number of halogens is 1. The van der Waals surface area contributed by atoms with Crippen LogP contribution in [0.1, 0.15) is 17.9 Å². The number of pyridine rings is 1. The Morgan fingerprint density at radius 1 is 1.13 bits per heavy atom. The molecule has 7 nitrogen and oxygen atoms in total. The standard InChI is InChI=1S/C22H20ClN5O2/c23-18-3-1-17(2-4-18)19-15-26-21(30-19)5-6-22(29)28-11-9-27(10-12-28)20-13-16(14-24)7-8-25-20/h1-4,7-8,13,15H,5-6,9-12H2. The number of carbonyl (C=O) groups excluding carboxylic acids is 1. The highest BCUT2D eigenvalue weighted by Gasteiger charge is 2.22. The highest BCUT2D eigenvalue weighted by Crippen LogP contribution is 2.23. The van der Waals surface area contributed by atoms with Gasteiger partial charge >= 0.3 is 0 Å². The Balaban J connectivity index is 1.28. The number of piperazine rings is 1. The van der Waals surface area contributed by atoms with Crippen LogP contribution < -0.4 is 4.90 Å². The number of rotatable bonds is 5. The van der Waals surface area contributed by atoms with Crippen molar-refractivity contribution in [1.82, 2.24) is 14.9 Å². The number of aromatic nitrogens is 2. The number of anilines is 1. The van der Waals surface area contributed by atoms with Crippen molar-refractivity contribution < 1.29 is 9.21 Å². The van der Waals surface area contributed by atoms with Gasteiger partial charge in [0.05, 0.1) is 17.8 Å². The lowest BCUT2D eigenvalue weighted by Gasteiger charge is -2.35. The van der Waals surface area contributed by atoms with E-state index in [1.54, 1.807) is 36.7 Å². The van der Waals surface area contributed by atoms with Crippen LogP contribution in [0.3, 0.4) is 0 Å². The molecule has 0 bridgehead atoms. The molecule has 0 atom stereocenters. The van der Waals surface area contributed by atoms with Crippen LogP contribution in [0.25, 0.3) is 11.3 Å². The van der Waals surface area contributed by atoms with Crippen molar-refractivity contribution in [1.29, 1.82) is 5.26 Å². The molecule has 1 aliphatic heterocycles. The fraction of sp³-hybridized carbons (Fsp3) is 0.273. The normalized spacial score (nSPS) is 13.9. The highest BCUT2D eigenvalue weighted by molar-refractivity contribution is 6.30. The van der Waals surface area contributed by atoms with E-state index in [1.165, 1.54) is 0 Å². The van der Waals surface area contributed by atoms with E-state index < -0.39 is 0 Å². The van der Waals surface area contributed by atoms with Gasteiger partial charge in [-0.1, -0.05) is 11.6 Å². The van der Waals surface area contributed by atoms with E-state index in [-0.39, 0.29) is 5.91 Å². The van der Waals surface area contributed by atoms with Gasteiger partial charge in [-0.2, -0.15) is 5.26 Å². The van der Waals surface area contributed by atoms with Gasteiger partial charge in [0.2, 0.25) is 5.91 Å². The average molecular weight is 422 g/mol. The molecule has 30 heavy (non-hydrogen) atoms. The third kappa shape index (κ3) is 4.61. The van der Waals surface area contributed by atoms with Crippen molar-refractivity contribution in [3.05, 3.63) is 65.3 Å². The molecule has 0 aliphatic carbocycles. The van der Waals surface area contributed by atoms with Crippen molar-refractivity contribution in [2.45, 2.75) is 12.8 Å². The second kappa shape index (κ2) is 8.97. The molecule has 1 fully saturated rings. The van der Waals surface area contributed by atoms with Crippen LogP contribution in [-0.4, -0.2) is 47.0 Å². The molecule has 0 N–H and O–H groups in total. The molecule has 1 saturated heterocycles. The maximum atomic E-state index is 12.6. The lowest BCUT2D eigenvalue weighted by Crippen LogP contribution is -2.49. The molecular formula is C22H20ClN5O2. The van der Waals surface area contributed by atoms with Crippen LogP contribution in [0.2, 0.25) is 5.02 Å². The van der Waals surface area contributed by atoms with E-state index in [0.29, 0.717) is 61.3 Å². The second-order valence-electron chi connectivity index (χ2n) is 7.01. The van der Waals surface area contributed by atoms with E-state index in [4.69, 9.17) is 21.3 Å². The summed E-state index contributed by atoms with van der Waals surface area (Å²) >= 11 is 5.91. The first-order valence-electron chi connectivity index (χ1n) is 9.72. The molecule has 0 radical (unpaired) electrons. The quantitative estimate of drug-likeness (QED) is 0.626. The van der Waals surface area contributed by atoms with E-state index in [2.05, 4.69) is 20.9 Å². The van der Waals surface area contributed by atoms with E-state index in [1.807, 2.05) is 17.0 Å². The van der Waals surface area contributed by atoms with Gasteiger partial charge in [-0.15, -0.1) is 0 Å². The summed E-state index contributed by atoms with van der Waals surface area (Å²) in [6.45, 7) is 2.62. The molecule has 1 aliphatic rings. The van der Waals surface area contributed by atoms with Crippen LogP contribution in [0.4, 0.5) is 5.82 Å². The van der Waals surface area contributed by atoms with Gasteiger partial charge in [0.15, 0.2) is 11.7 Å². The zero-order valence-corrected chi connectivity index (χ0v) is 17.0. The molecule has 4 rings (SSSR count). The minimum atomic E-state index is 0.0830.